The van der Waals surface area contributed by atoms with Crippen molar-refractivity contribution in [2.45, 2.75) is 6.92 Å². The van der Waals surface area contributed by atoms with Gasteiger partial charge in [-0.3, -0.25) is 9.59 Å². The number of rotatable bonds is 5. The first-order valence-corrected chi connectivity index (χ1v) is 7.93. The molecular weight excluding hydrogens is 334 g/mol. The van der Waals surface area contributed by atoms with Gasteiger partial charge in [0.05, 0.1) is 25.5 Å². The Morgan fingerprint density at radius 1 is 1.00 bits per heavy atom. The summed E-state index contributed by atoms with van der Waals surface area (Å²) in [5.41, 5.74) is 8.10. The van der Waals surface area contributed by atoms with Gasteiger partial charge in [-0.25, -0.2) is 0 Å². The highest BCUT2D eigenvalue weighted by atomic mass is 16.5. The number of ether oxygens (including phenoxy) is 2. The predicted octanol–water partition coefficient (Wildman–Crippen LogP) is 2.55. The summed E-state index contributed by atoms with van der Waals surface area (Å²) >= 11 is 0. The summed E-state index contributed by atoms with van der Waals surface area (Å²) in [6, 6.07) is 8.20. The van der Waals surface area contributed by atoms with Crippen molar-refractivity contribution in [3.05, 3.63) is 47.0 Å². The fraction of sp³-hybridized carbons (Fsp3) is 0.263. The van der Waals surface area contributed by atoms with Gasteiger partial charge in [0.15, 0.2) is 11.5 Å². The van der Waals surface area contributed by atoms with E-state index in [0.717, 1.165) is 5.56 Å². The minimum absolute atomic E-state index is 0.273. The van der Waals surface area contributed by atoms with Crippen molar-refractivity contribution in [2.24, 2.45) is 0 Å². The molecule has 2 aromatic rings. The van der Waals surface area contributed by atoms with Crippen LogP contribution in [-0.2, 0) is 0 Å². The Balaban J connectivity index is 2.51. The van der Waals surface area contributed by atoms with Crippen molar-refractivity contribution in [1.82, 2.24) is 4.90 Å². The molecule has 0 unspecified atom stereocenters. The topological polar surface area (TPSA) is 93.9 Å². The van der Waals surface area contributed by atoms with Gasteiger partial charge in [-0.2, -0.15) is 0 Å². The first kappa shape index (κ1) is 19.1. The van der Waals surface area contributed by atoms with Crippen molar-refractivity contribution < 1.29 is 19.1 Å². The molecule has 2 aromatic carbocycles. The normalized spacial score (nSPS) is 10.2. The molecule has 3 N–H and O–H groups in total. The Morgan fingerprint density at radius 3 is 2.19 bits per heavy atom. The average Bonchev–Trinajstić information content (AvgIpc) is 2.62. The molecule has 0 saturated carbocycles. The van der Waals surface area contributed by atoms with Crippen LogP contribution in [0.1, 0.15) is 26.3 Å². The Kier molecular flexibility index (Phi) is 5.71. The fourth-order valence-corrected chi connectivity index (χ4v) is 2.47. The van der Waals surface area contributed by atoms with Crippen LogP contribution in [0.5, 0.6) is 11.5 Å². The molecule has 26 heavy (non-hydrogen) atoms. The van der Waals surface area contributed by atoms with Crippen LogP contribution in [0.4, 0.5) is 11.4 Å². The molecule has 0 saturated heterocycles. The number of nitrogens with one attached hydrogen (secondary N) is 1. The molecule has 7 heteroatoms. The summed E-state index contributed by atoms with van der Waals surface area (Å²) in [4.78, 5) is 26.7. The zero-order valence-electron chi connectivity index (χ0n) is 15.5. The number of aryl methyl sites for hydroxylation is 1. The van der Waals surface area contributed by atoms with Crippen molar-refractivity contribution in [3.8, 4) is 11.5 Å². The highest BCUT2D eigenvalue weighted by Crippen LogP contribution is 2.34. The second-order valence-corrected chi connectivity index (χ2v) is 5.98. The Bertz CT molecular complexity index is 847. The van der Waals surface area contributed by atoms with Gasteiger partial charge in [-0.15, -0.1) is 0 Å². The molecule has 0 radical (unpaired) electrons. The minimum Gasteiger partial charge on any atom is -0.493 e. The van der Waals surface area contributed by atoms with E-state index in [1.807, 2.05) is 6.92 Å². The number of benzene rings is 2. The monoisotopic (exact) mass is 357 g/mol. The Labute approximate surface area is 152 Å². The molecule has 138 valence electrons. The van der Waals surface area contributed by atoms with Gasteiger partial charge in [0.25, 0.3) is 11.8 Å². The van der Waals surface area contributed by atoms with Crippen LogP contribution < -0.4 is 20.5 Å². The summed E-state index contributed by atoms with van der Waals surface area (Å²) in [5, 5.41) is 2.78. The highest BCUT2D eigenvalue weighted by Gasteiger charge is 2.21. The van der Waals surface area contributed by atoms with E-state index in [-0.39, 0.29) is 11.8 Å². The fourth-order valence-electron chi connectivity index (χ4n) is 2.47. The zero-order chi connectivity index (χ0) is 19.4. The highest BCUT2D eigenvalue weighted by molar-refractivity contribution is 6.10. The second kappa shape index (κ2) is 7.77. The van der Waals surface area contributed by atoms with Crippen molar-refractivity contribution >= 4 is 23.2 Å². The van der Waals surface area contributed by atoms with Gasteiger partial charge in [-0.05, 0) is 30.7 Å². The zero-order valence-corrected chi connectivity index (χ0v) is 15.5. The molecule has 0 aliphatic heterocycles. The molecule has 0 fully saturated rings. The van der Waals surface area contributed by atoms with E-state index in [4.69, 9.17) is 15.2 Å². The van der Waals surface area contributed by atoms with Gasteiger partial charge in [0.2, 0.25) is 0 Å². The molecule has 2 amide bonds. The third-order valence-corrected chi connectivity index (χ3v) is 3.91. The minimum atomic E-state index is -0.366. The van der Waals surface area contributed by atoms with Gasteiger partial charge in [0.1, 0.15) is 0 Å². The number of nitrogen functional groups attached to an aromatic ring is 1. The first-order valence-electron chi connectivity index (χ1n) is 7.93. The van der Waals surface area contributed by atoms with E-state index in [9.17, 15) is 9.59 Å². The molecule has 0 heterocycles. The maximum Gasteiger partial charge on any atom is 0.256 e. The summed E-state index contributed by atoms with van der Waals surface area (Å²) in [7, 11) is 6.23. The van der Waals surface area contributed by atoms with Gasteiger partial charge in [-0.1, -0.05) is 6.07 Å². The van der Waals surface area contributed by atoms with Gasteiger partial charge in [0, 0.05) is 31.4 Å². The quantitative estimate of drug-likeness (QED) is 0.802. The molecular formula is C19H23N3O4. The summed E-state index contributed by atoms with van der Waals surface area (Å²) in [5.74, 6) is 0.165. The van der Waals surface area contributed by atoms with E-state index in [1.54, 1.807) is 44.4 Å². The smallest absolute Gasteiger partial charge is 0.256 e. The van der Waals surface area contributed by atoms with Crippen LogP contribution in [0, 0.1) is 6.92 Å². The SMILES string of the molecule is COc1cc(NC(=O)c2cc(N)ccc2C)c(C(=O)N(C)C)cc1OC. The number of carbonyl (C=O) groups excluding carboxylic acids is 2. The molecule has 0 atom stereocenters. The lowest BCUT2D eigenvalue weighted by atomic mass is 10.1. The molecule has 7 nitrogen and oxygen atoms in total. The lowest BCUT2D eigenvalue weighted by molar-refractivity contribution is 0.0828. The van der Waals surface area contributed by atoms with Crippen LogP contribution in [-0.4, -0.2) is 45.0 Å². The van der Waals surface area contributed by atoms with Crippen LogP contribution in [0.3, 0.4) is 0 Å². The number of nitrogens with zero attached hydrogens (tertiary/aromatic N) is 1. The van der Waals surface area contributed by atoms with Crippen LogP contribution in [0.15, 0.2) is 30.3 Å². The predicted molar refractivity (Wildman–Crippen MR) is 101 cm³/mol. The van der Waals surface area contributed by atoms with E-state index < -0.39 is 0 Å². The maximum atomic E-state index is 12.7. The van der Waals surface area contributed by atoms with Crippen LogP contribution in [0.2, 0.25) is 0 Å². The first-order chi connectivity index (χ1) is 12.3. The van der Waals surface area contributed by atoms with E-state index in [0.29, 0.717) is 34.0 Å². The number of methoxy groups -OCH3 is 2. The number of anilines is 2. The van der Waals surface area contributed by atoms with Crippen molar-refractivity contribution in [3.63, 3.8) is 0 Å². The molecule has 0 bridgehead atoms. The lowest BCUT2D eigenvalue weighted by Gasteiger charge is -2.18. The largest absolute Gasteiger partial charge is 0.493 e. The number of amides is 2. The summed E-state index contributed by atoms with van der Waals surface area (Å²) < 4.78 is 10.5. The Hall–Kier alpha value is -3.22. The van der Waals surface area contributed by atoms with Gasteiger partial charge < -0.3 is 25.4 Å². The standard InChI is InChI=1S/C19H23N3O4/c1-11-6-7-12(20)8-13(11)18(23)21-15-10-17(26-5)16(25-4)9-14(15)19(24)22(2)3/h6-10H,20H2,1-5H3,(H,21,23). The lowest BCUT2D eigenvalue weighted by Crippen LogP contribution is -2.24. The van der Waals surface area contributed by atoms with E-state index >= 15 is 0 Å². The molecule has 0 spiro atoms. The van der Waals surface area contributed by atoms with E-state index in [1.165, 1.54) is 19.1 Å². The van der Waals surface area contributed by atoms with Crippen LogP contribution >= 0.6 is 0 Å². The average molecular weight is 357 g/mol. The van der Waals surface area contributed by atoms with Crippen molar-refractivity contribution in [1.29, 1.82) is 0 Å². The molecule has 0 aromatic heterocycles. The van der Waals surface area contributed by atoms with Crippen molar-refractivity contribution in [2.75, 3.05) is 39.4 Å². The number of hydrogen-bond donors (Lipinski definition) is 2. The van der Waals surface area contributed by atoms with Crippen LogP contribution in [0.25, 0.3) is 0 Å². The van der Waals surface area contributed by atoms with Gasteiger partial charge >= 0.3 is 0 Å². The molecule has 0 aliphatic rings. The third kappa shape index (κ3) is 3.88. The maximum absolute atomic E-state index is 12.7. The summed E-state index contributed by atoms with van der Waals surface area (Å²) in [6.07, 6.45) is 0. The number of nitrogens with two attached hydrogens (primary N) is 1. The molecule has 2 rings (SSSR count). The number of hydrogen-bond acceptors (Lipinski definition) is 5. The molecule has 0 aliphatic carbocycles. The van der Waals surface area contributed by atoms with E-state index in [2.05, 4.69) is 5.32 Å². The second-order valence-electron chi connectivity index (χ2n) is 5.98. The number of carbonyl (C=O) groups is 2. The summed E-state index contributed by atoms with van der Waals surface area (Å²) in [6.45, 7) is 1.81. The Morgan fingerprint density at radius 2 is 1.62 bits per heavy atom. The third-order valence-electron chi connectivity index (χ3n) is 3.91.